The van der Waals surface area contributed by atoms with E-state index in [-0.39, 0.29) is 11.5 Å². The molecule has 0 aliphatic rings. The molecule has 0 bridgehead atoms. The maximum atomic E-state index is 12.8. The Bertz CT molecular complexity index is 912. The van der Waals surface area contributed by atoms with Crippen LogP contribution in [0.1, 0.15) is 18.5 Å². The Morgan fingerprint density at radius 1 is 1.15 bits per heavy atom. The van der Waals surface area contributed by atoms with Gasteiger partial charge in [-0.3, -0.25) is 4.79 Å². The predicted molar refractivity (Wildman–Crippen MR) is 97.2 cm³/mol. The van der Waals surface area contributed by atoms with Crippen LogP contribution >= 0.6 is 0 Å². The lowest BCUT2D eigenvalue weighted by molar-refractivity contribution is -0.141. The van der Waals surface area contributed by atoms with Gasteiger partial charge in [0.05, 0.1) is 4.90 Å². The van der Waals surface area contributed by atoms with Gasteiger partial charge >= 0.3 is 5.97 Å². The van der Waals surface area contributed by atoms with Crippen molar-refractivity contribution in [3.05, 3.63) is 60.2 Å². The highest BCUT2D eigenvalue weighted by Crippen LogP contribution is 2.27. The number of carboxylic acids is 1. The van der Waals surface area contributed by atoms with Crippen molar-refractivity contribution >= 4 is 16.0 Å². The van der Waals surface area contributed by atoms with Crippen molar-refractivity contribution in [2.24, 2.45) is 0 Å². The molecule has 0 amide bonds. The molecular formula is C19H19NO5S. The summed E-state index contributed by atoms with van der Waals surface area (Å²) in [5.41, 5.74) is 0.379. The summed E-state index contributed by atoms with van der Waals surface area (Å²) in [5.74, 6) is 4.66. The van der Waals surface area contributed by atoms with Crippen LogP contribution in [0.3, 0.4) is 0 Å². The molecule has 0 heterocycles. The number of benzene rings is 2. The van der Waals surface area contributed by atoms with Gasteiger partial charge in [0.2, 0.25) is 10.0 Å². The molecule has 26 heavy (non-hydrogen) atoms. The number of carboxylic acid groups (broad SMARTS) is 1. The van der Waals surface area contributed by atoms with Crippen LogP contribution in [0.25, 0.3) is 0 Å². The highest BCUT2D eigenvalue weighted by Gasteiger charge is 2.34. The number of rotatable bonds is 7. The number of sulfonamides is 1. The van der Waals surface area contributed by atoms with E-state index in [1.807, 2.05) is 0 Å². The molecule has 0 fully saturated rings. The zero-order valence-electron chi connectivity index (χ0n) is 14.4. The molecule has 0 spiro atoms. The third kappa shape index (κ3) is 4.42. The number of nitrogens with zero attached hydrogens (tertiary/aromatic N) is 1. The molecule has 0 saturated carbocycles. The van der Waals surface area contributed by atoms with Gasteiger partial charge in [-0.2, -0.15) is 4.31 Å². The van der Waals surface area contributed by atoms with E-state index in [9.17, 15) is 18.3 Å². The largest absolute Gasteiger partial charge is 0.481 e. The lowest BCUT2D eigenvalue weighted by Gasteiger charge is -2.24. The first-order valence-electron chi connectivity index (χ1n) is 7.76. The first-order chi connectivity index (χ1) is 12.4. The van der Waals surface area contributed by atoms with Crippen LogP contribution in [0.2, 0.25) is 0 Å². The normalized spacial score (nSPS) is 12.1. The van der Waals surface area contributed by atoms with E-state index >= 15 is 0 Å². The van der Waals surface area contributed by atoms with Crippen LogP contribution in [0, 0.1) is 11.8 Å². The molecule has 0 saturated heterocycles. The fourth-order valence-corrected chi connectivity index (χ4v) is 3.65. The fourth-order valence-electron chi connectivity index (χ4n) is 2.35. The van der Waals surface area contributed by atoms with E-state index in [1.54, 1.807) is 37.3 Å². The summed E-state index contributed by atoms with van der Waals surface area (Å²) in [6.07, 6.45) is 0. The summed E-state index contributed by atoms with van der Waals surface area (Å²) >= 11 is 0. The second kappa shape index (κ2) is 8.52. The van der Waals surface area contributed by atoms with Gasteiger partial charge in [-0.1, -0.05) is 36.3 Å². The van der Waals surface area contributed by atoms with Gasteiger partial charge in [0.1, 0.15) is 18.4 Å². The summed E-state index contributed by atoms with van der Waals surface area (Å²) in [6.45, 7) is 1.90. The molecule has 1 atom stereocenters. The van der Waals surface area contributed by atoms with E-state index in [2.05, 4.69) is 11.8 Å². The summed E-state index contributed by atoms with van der Waals surface area (Å²) in [5, 5.41) is 9.53. The minimum atomic E-state index is -4.00. The SMILES string of the molecule is CC#CCOc1ccc(S(=O)(=O)N(C)C(C(=O)O)c2ccccc2)cc1. The second-order valence-corrected chi connectivity index (χ2v) is 7.36. The number of carbonyl (C=O) groups is 1. The number of ether oxygens (including phenoxy) is 1. The van der Waals surface area contributed by atoms with Crippen LogP contribution in [0.4, 0.5) is 0 Å². The quantitative estimate of drug-likeness (QED) is 0.754. The third-order valence-electron chi connectivity index (χ3n) is 3.70. The van der Waals surface area contributed by atoms with E-state index < -0.39 is 22.0 Å². The Balaban J connectivity index is 2.29. The summed E-state index contributed by atoms with van der Waals surface area (Å²) in [4.78, 5) is 11.7. The first-order valence-corrected chi connectivity index (χ1v) is 9.20. The monoisotopic (exact) mass is 373 g/mol. The van der Waals surface area contributed by atoms with E-state index in [4.69, 9.17) is 4.74 Å². The average molecular weight is 373 g/mol. The van der Waals surface area contributed by atoms with Crippen LogP contribution < -0.4 is 4.74 Å². The Morgan fingerprint density at radius 2 is 1.77 bits per heavy atom. The zero-order chi connectivity index (χ0) is 19.2. The Kier molecular flexibility index (Phi) is 6.39. The fraction of sp³-hybridized carbons (Fsp3) is 0.211. The Morgan fingerprint density at radius 3 is 2.31 bits per heavy atom. The molecule has 2 aromatic rings. The maximum Gasteiger partial charge on any atom is 0.326 e. The molecule has 2 rings (SSSR count). The van der Waals surface area contributed by atoms with Gasteiger partial charge in [-0.05, 0) is 36.8 Å². The van der Waals surface area contributed by atoms with Gasteiger partial charge < -0.3 is 9.84 Å². The molecule has 1 unspecified atom stereocenters. The summed E-state index contributed by atoms with van der Waals surface area (Å²) < 4.78 is 31.8. The number of likely N-dealkylation sites (N-methyl/N-ethyl adjacent to an activating group) is 1. The van der Waals surface area contributed by atoms with Crippen LogP contribution in [0.5, 0.6) is 5.75 Å². The smallest absolute Gasteiger partial charge is 0.326 e. The third-order valence-corrected chi connectivity index (χ3v) is 5.54. The highest BCUT2D eigenvalue weighted by atomic mass is 32.2. The van der Waals surface area contributed by atoms with Crippen molar-refractivity contribution in [3.63, 3.8) is 0 Å². The minimum Gasteiger partial charge on any atom is -0.481 e. The molecule has 6 nitrogen and oxygen atoms in total. The van der Waals surface area contributed by atoms with Crippen molar-refractivity contribution in [2.45, 2.75) is 17.9 Å². The molecule has 0 radical (unpaired) electrons. The average Bonchev–Trinajstić information content (AvgIpc) is 2.63. The predicted octanol–water partition coefficient (Wildman–Crippen LogP) is 2.54. The van der Waals surface area contributed by atoms with Crippen molar-refractivity contribution in [1.82, 2.24) is 4.31 Å². The molecular weight excluding hydrogens is 354 g/mol. The topological polar surface area (TPSA) is 83.9 Å². The van der Waals surface area contributed by atoms with Crippen LogP contribution in [-0.2, 0) is 14.8 Å². The molecule has 1 N–H and O–H groups in total. The Hall–Kier alpha value is -2.82. The number of hydrogen-bond donors (Lipinski definition) is 1. The summed E-state index contributed by atoms with van der Waals surface area (Å²) in [6, 6.07) is 12.7. The second-order valence-electron chi connectivity index (χ2n) is 5.36. The van der Waals surface area contributed by atoms with Crippen molar-refractivity contribution < 1.29 is 23.1 Å². The molecule has 0 aromatic heterocycles. The highest BCUT2D eigenvalue weighted by molar-refractivity contribution is 7.89. The van der Waals surface area contributed by atoms with Gasteiger partial charge in [0, 0.05) is 7.05 Å². The molecule has 136 valence electrons. The van der Waals surface area contributed by atoms with Gasteiger partial charge in [0.15, 0.2) is 0 Å². The summed E-state index contributed by atoms with van der Waals surface area (Å²) in [7, 11) is -2.75. The van der Waals surface area contributed by atoms with Crippen molar-refractivity contribution in [3.8, 4) is 17.6 Å². The molecule has 2 aromatic carbocycles. The minimum absolute atomic E-state index is 0.0175. The molecule has 0 aliphatic heterocycles. The Labute approximate surface area is 153 Å². The van der Waals surface area contributed by atoms with E-state index in [1.165, 1.54) is 31.3 Å². The number of aliphatic carboxylic acids is 1. The first kappa shape index (κ1) is 19.5. The molecule has 7 heteroatoms. The van der Waals surface area contributed by atoms with E-state index in [0.29, 0.717) is 11.3 Å². The van der Waals surface area contributed by atoms with Crippen molar-refractivity contribution in [2.75, 3.05) is 13.7 Å². The van der Waals surface area contributed by atoms with Crippen LogP contribution in [0.15, 0.2) is 59.5 Å². The van der Waals surface area contributed by atoms with Crippen molar-refractivity contribution in [1.29, 1.82) is 0 Å². The van der Waals surface area contributed by atoms with Crippen LogP contribution in [-0.4, -0.2) is 37.5 Å². The lowest BCUT2D eigenvalue weighted by Crippen LogP contribution is -2.35. The maximum absolute atomic E-state index is 12.8. The molecule has 0 aliphatic carbocycles. The van der Waals surface area contributed by atoms with Gasteiger partial charge in [0.25, 0.3) is 0 Å². The lowest BCUT2D eigenvalue weighted by atomic mass is 10.1. The van der Waals surface area contributed by atoms with E-state index in [0.717, 1.165) is 4.31 Å². The zero-order valence-corrected chi connectivity index (χ0v) is 15.2. The van der Waals surface area contributed by atoms with Gasteiger partial charge in [-0.15, -0.1) is 5.92 Å². The standard InChI is InChI=1S/C19H19NO5S/c1-3-4-14-25-16-10-12-17(13-11-16)26(23,24)20(2)18(19(21)22)15-8-6-5-7-9-15/h5-13,18H,14H2,1-2H3,(H,21,22). The van der Waals surface area contributed by atoms with Gasteiger partial charge in [-0.25, -0.2) is 8.42 Å². The number of hydrogen-bond acceptors (Lipinski definition) is 4.